The van der Waals surface area contributed by atoms with E-state index in [-0.39, 0.29) is 0 Å². The van der Waals surface area contributed by atoms with Crippen LogP contribution in [-0.2, 0) is 9.53 Å². The Hall–Kier alpha value is -2.33. The van der Waals surface area contributed by atoms with Crippen molar-refractivity contribution >= 4 is 23.5 Å². The number of hydrogen-bond acceptors (Lipinski definition) is 4. The van der Waals surface area contributed by atoms with Crippen molar-refractivity contribution in [3.63, 3.8) is 0 Å². The van der Waals surface area contributed by atoms with Crippen LogP contribution in [0.15, 0.2) is 65.1 Å². The highest BCUT2D eigenvalue weighted by Gasteiger charge is 2.28. The van der Waals surface area contributed by atoms with Gasteiger partial charge < -0.3 is 9.64 Å². The van der Waals surface area contributed by atoms with Gasteiger partial charge >= 0.3 is 5.97 Å². The van der Waals surface area contributed by atoms with E-state index in [0.717, 1.165) is 5.56 Å². The van der Waals surface area contributed by atoms with Crippen LogP contribution in [-0.4, -0.2) is 23.8 Å². The maximum Gasteiger partial charge on any atom is 0.366 e. The molecule has 100 valence electrons. The predicted molar refractivity (Wildman–Crippen MR) is 77.2 cm³/mol. The van der Waals surface area contributed by atoms with Gasteiger partial charge in [-0.3, -0.25) is 0 Å². The molecular weight excluding hydrogens is 276 g/mol. The first-order valence-electron chi connectivity index (χ1n) is 6.04. The van der Waals surface area contributed by atoms with Crippen molar-refractivity contribution in [1.82, 2.24) is 4.90 Å². The molecule has 0 spiro atoms. The number of cyclic esters (lactones) is 1. The summed E-state index contributed by atoms with van der Waals surface area (Å²) < 4.78 is 5.23. The third kappa shape index (κ3) is 2.26. The molecule has 2 aliphatic rings. The molecule has 0 aromatic heterocycles. The molecule has 0 saturated carbocycles. The molecule has 0 saturated heterocycles. The molecule has 1 aromatic rings. The minimum atomic E-state index is -0.447. The van der Waals surface area contributed by atoms with Crippen LogP contribution in [0, 0.1) is 0 Å². The van der Waals surface area contributed by atoms with Gasteiger partial charge in [-0.05, 0) is 36.4 Å². The molecule has 0 bridgehead atoms. The number of allylic oxidation sites excluding steroid dienone is 3. The van der Waals surface area contributed by atoms with Gasteiger partial charge in [-0.25, -0.2) is 9.79 Å². The Labute approximate surface area is 121 Å². The Morgan fingerprint density at radius 2 is 1.95 bits per heavy atom. The Kier molecular flexibility index (Phi) is 3.16. The zero-order chi connectivity index (χ0) is 14.1. The topological polar surface area (TPSA) is 41.9 Å². The normalized spacial score (nSPS) is 21.2. The van der Waals surface area contributed by atoms with Crippen LogP contribution < -0.4 is 0 Å². The Balaban J connectivity index is 2.01. The van der Waals surface area contributed by atoms with Gasteiger partial charge in [-0.2, -0.15) is 0 Å². The number of aliphatic imine (C=N–C) groups is 1. The van der Waals surface area contributed by atoms with E-state index in [4.69, 9.17) is 16.3 Å². The molecule has 3 rings (SSSR count). The minimum Gasteiger partial charge on any atom is -0.402 e. The Bertz CT molecular complexity index is 684. The average molecular weight is 287 g/mol. The Morgan fingerprint density at radius 1 is 1.20 bits per heavy atom. The molecule has 0 aliphatic carbocycles. The number of esters is 1. The summed E-state index contributed by atoms with van der Waals surface area (Å²) in [6.07, 6.45) is 7.41. The minimum absolute atomic E-state index is 0.297. The van der Waals surface area contributed by atoms with Crippen molar-refractivity contribution in [2.24, 2.45) is 4.99 Å². The Morgan fingerprint density at radius 3 is 2.65 bits per heavy atom. The van der Waals surface area contributed by atoms with Crippen molar-refractivity contribution in [1.29, 1.82) is 0 Å². The van der Waals surface area contributed by atoms with E-state index in [1.165, 1.54) is 0 Å². The summed E-state index contributed by atoms with van der Waals surface area (Å²) in [7, 11) is 1.85. The zero-order valence-corrected chi connectivity index (χ0v) is 11.5. The molecule has 0 atom stereocenters. The molecular formula is C15H11ClN2O2. The van der Waals surface area contributed by atoms with E-state index >= 15 is 0 Å². The molecule has 0 amide bonds. The summed E-state index contributed by atoms with van der Waals surface area (Å²) in [5.74, 6) is -0.151. The largest absolute Gasteiger partial charge is 0.402 e. The highest BCUT2D eigenvalue weighted by Crippen LogP contribution is 2.24. The summed E-state index contributed by atoms with van der Waals surface area (Å²) in [4.78, 5) is 18.1. The van der Waals surface area contributed by atoms with Crippen LogP contribution >= 0.6 is 11.6 Å². The SMILES string of the molecule is CN1C=CC=CC1=C1N=C(c2ccc(Cl)cc2)OC1=O. The fourth-order valence-corrected chi connectivity index (χ4v) is 2.08. The summed E-state index contributed by atoms with van der Waals surface area (Å²) in [5, 5.41) is 0.623. The van der Waals surface area contributed by atoms with Gasteiger partial charge in [0.1, 0.15) is 0 Å². The van der Waals surface area contributed by atoms with E-state index in [0.29, 0.717) is 22.3 Å². The van der Waals surface area contributed by atoms with Gasteiger partial charge in [0.25, 0.3) is 0 Å². The third-order valence-corrected chi connectivity index (χ3v) is 3.24. The quantitative estimate of drug-likeness (QED) is 0.589. The number of carbonyl (C=O) groups excluding carboxylic acids is 1. The van der Waals surface area contributed by atoms with E-state index in [1.54, 1.807) is 24.3 Å². The highest BCUT2D eigenvalue weighted by atomic mass is 35.5. The second-order valence-corrected chi connectivity index (χ2v) is 4.80. The lowest BCUT2D eigenvalue weighted by Gasteiger charge is -2.17. The van der Waals surface area contributed by atoms with Crippen LogP contribution in [0.1, 0.15) is 5.56 Å². The molecule has 0 fully saturated rings. The van der Waals surface area contributed by atoms with Crippen LogP contribution in [0.5, 0.6) is 0 Å². The van der Waals surface area contributed by atoms with Crippen molar-refractivity contribution in [2.75, 3.05) is 7.05 Å². The fourth-order valence-electron chi connectivity index (χ4n) is 1.95. The van der Waals surface area contributed by atoms with E-state index in [2.05, 4.69) is 4.99 Å². The van der Waals surface area contributed by atoms with E-state index in [1.807, 2.05) is 36.4 Å². The molecule has 1 aromatic carbocycles. The number of benzene rings is 1. The number of hydrogen-bond donors (Lipinski definition) is 0. The molecule has 5 heteroatoms. The summed E-state index contributed by atoms with van der Waals surface area (Å²) in [5.41, 5.74) is 1.73. The smallest absolute Gasteiger partial charge is 0.366 e. The van der Waals surface area contributed by atoms with Gasteiger partial charge in [0, 0.05) is 23.8 Å². The molecule has 0 unspecified atom stereocenters. The highest BCUT2D eigenvalue weighted by molar-refractivity contribution is 6.30. The summed E-state index contributed by atoms with van der Waals surface area (Å²) in [6, 6.07) is 6.99. The molecule has 20 heavy (non-hydrogen) atoms. The van der Waals surface area contributed by atoms with Crippen molar-refractivity contribution in [2.45, 2.75) is 0 Å². The zero-order valence-electron chi connectivity index (χ0n) is 10.7. The molecule has 2 aliphatic heterocycles. The number of likely N-dealkylation sites (N-methyl/N-ethyl adjacent to an activating group) is 1. The van der Waals surface area contributed by atoms with Crippen molar-refractivity contribution in [3.05, 3.63) is 70.7 Å². The van der Waals surface area contributed by atoms with E-state index in [9.17, 15) is 4.79 Å². The lowest BCUT2D eigenvalue weighted by molar-refractivity contribution is -0.130. The van der Waals surface area contributed by atoms with Gasteiger partial charge in [-0.15, -0.1) is 0 Å². The van der Waals surface area contributed by atoms with Crippen LogP contribution in [0.3, 0.4) is 0 Å². The monoisotopic (exact) mass is 286 g/mol. The number of nitrogens with zero attached hydrogens (tertiary/aromatic N) is 2. The second kappa shape index (κ2) is 4.98. The van der Waals surface area contributed by atoms with Crippen LogP contribution in [0.2, 0.25) is 5.02 Å². The standard InChI is InChI=1S/C15H11ClN2O2/c1-18-9-3-2-4-12(18)13-15(19)20-14(17-13)10-5-7-11(16)8-6-10/h2-9H,1H3. The maximum absolute atomic E-state index is 12.0. The lowest BCUT2D eigenvalue weighted by Crippen LogP contribution is -2.15. The number of halogens is 1. The van der Waals surface area contributed by atoms with Gasteiger partial charge in [0.2, 0.25) is 5.90 Å². The number of carbonyl (C=O) groups is 1. The number of ether oxygens (including phenoxy) is 1. The van der Waals surface area contributed by atoms with Crippen LogP contribution in [0.4, 0.5) is 0 Å². The first-order chi connectivity index (χ1) is 9.65. The summed E-state index contributed by atoms with van der Waals surface area (Å²) in [6.45, 7) is 0. The summed E-state index contributed by atoms with van der Waals surface area (Å²) >= 11 is 5.84. The van der Waals surface area contributed by atoms with Crippen molar-refractivity contribution < 1.29 is 9.53 Å². The second-order valence-electron chi connectivity index (χ2n) is 4.36. The van der Waals surface area contributed by atoms with Crippen molar-refractivity contribution in [3.8, 4) is 0 Å². The van der Waals surface area contributed by atoms with Crippen LogP contribution in [0.25, 0.3) is 0 Å². The first-order valence-corrected chi connectivity index (χ1v) is 6.42. The van der Waals surface area contributed by atoms with Gasteiger partial charge in [-0.1, -0.05) is 17.7 Å². The molecule has 0 radical (unpaired) electrons. The molecule has 4 nitrogen and oxygen atoms in total. The third-order valence-electron chi connectivity index (χ3n) is 2.98. The average Bonchev–Trinajstić information content (AvgIpc) is 2.82. The first kappa shape index (κ1) is 12.7. The molecule has 2 heterocycles. The maximum atomic E-state index is 12.0. The van der Waals surface area contributed by atoms with E-state index < -0.39 is 5.97 Å². The lowest BCUT2D eigenvalue weighted by atomic mass is 10.2. The number of rotatable bonds is 1. The van der Waals surface area contributed by atoms with Gasteiger partial charge in [0.15, 0.2) is 5.70 Å². The fraction of sp³-hybridized carbons (Fsp3) is 0.0667. The predicted octanol–water partition coefficient (Wildman–Crippen LogP) is 2.87. The molecule has 0 N–H and O–H groups in total. The van der Waals surface area contributed by atoms with Gasteiger partial charge in [0.05, 0.1) is 5.70 Å².